The van der Waals surface area contributed by atoms with Crippen LogP contribution in [-0.2, 0) is 4.74 Å². The second kappa shape index (κ2) is 13.2. The van der Waals surface area contributed by atoms with E-state index in [1.54, 1.807) is 0 Å². The molecule has 0 aromatic rings. The van der Waals surface area contributed by atoms with Gasteiger partial charge in [-0.05, 0) is 37.9 Å². The highest BCUT2D eigenvalue weighted by molar-refractivity contribution is 7.80. The van der Waals surface area contributed by atoms with Gasteiger partial charge in [-0.2, -0.15) is 0 Å². The topological polar surface area (TPSA) is 70.6 Å². The summed E-state index contributed by atoms with van der Waals surface area (Å²) in [5, 5.41) is 14.3. The number of ether oxygens (including phenoxy) is 1. The number of alkyl carbamates (subject to hydrolysis) is 1. The van der Waals surface area contributed by atoms with E-state index in [0.717, 1.165) is 12.1 Å². The van der Waals surface area contributed by atoms with E-state index in [0.29, 0.717) is 0 Å². The van der Waals surface area contributed by atoms with E-state index >= 15 is 0 Å². The first kappa shape index (κ1) is 20.9. The highest BCUT2D eigenvalue weighted by Gasteiger charge is 2.19. The zero-order chi connectivity index (χ0) is 17.6. The molecule has 0 atom stereocenters. The number of rotatable bonds is 6. The van der Waals surface area contributed by atoms with Crippen molar-refractivity contribution in [3.8, 4) is 0 Å². The molecule has 0 bridgehead atoms. The van der Waals surface area contributed by atoms with Crippen LogP contribution in [0.1, 0.15) is 64.2 Å². The van der Waals surface area contributed by atoms with Crippen molar-refractivity contribution >= 4 is 23.4 Å². The number of amides is 1. The second-order valence-corrected chi connectivity index (χ2v) is 6.94. The fourth-order valence-electron chi connectivity index (χ4n) is 3.21. The number of nitrogens with one attached hydrogen (secondary N) is 2. The number of hydrogen-bond donors (Lipinski definition) is 3. The van der Waals surface area contributed by atoms with Crippen LogP contribution < -0.4 is 10.6 Å². The van der Waals surface area contributed by atoms with Gasteiger partial charge in [0.15, 0.2) is 5.05 Å². The number of aliphatic hydroxyl groups is 1. The van der Waals surface area contributed by atoms with Gasteiger partial charge >= 0.3 is 6.09 Å². The molecular weight excluding hydrogens is 324 g/mol. The van der Waals surface area contributed by atoms with E-state index in [-0.39, 0.29) is 18.2 Å². The molecule has 2 aliphatic carbocycles. The molecule has 0 heterocycles. The molecule has 6 heteroatoms. The summed E-state index contributed by atoms with van der Waals surface area (Å²) >= 11 is 4.29. The lowest BCUT2D eigenvalue weighted by atomic mass is 9.91. The third-order valence-electron chi connectivity index (χ3n) is 4.40. The van der Waals surface area contributed by atoms with Crippen molar-refractivity contribution in [2.75, 3.05) is 13.2 Å². The van der Waals surface area contributed by atoms with Crippen molar-refractivity contribution in [2.45, 2.75) is 76.3 Å². The normalized spacial score (nSPS) is 18.8. The monoisotopic (exact) mass is 356 g/mol. The second-order valence-electron chi connectivity index (χ2n) is 6.47. The van der Waals surface area contributed by atoms with Crippen molar-refractivity contribution in [2.24, 2.45) is 0 Å². The number of hydrogen-bond acceptors (Lipinski definition) is 4. The maximum Gasteiger partial charge on any atom is 0.407 e. The lowest BCUT2D eigenvalue weighted by Crippen LogP contribution is -2.40. The van der Waals surface area contributed by atoms with Gasteiger partial charge in [0.25, 0.3) is 0 Å². The molecule has 1 amide bonds. The average molecular weight is 357 g/mol. The van der Waals surface area contributed by atoms with Gasteiger partial charge in [0, 0.05) is 12.1 Å². The van der Waals surface area contributed by atoms with Crippen molar-refractivity contribution in [1.29, 1.82) is 0 Å². The minimum atomic E-state index is -0.624. The van der Waals surface area contributed by atoms with Crippen LogP contribution in [0.2, 0.25) is 0 Å². The van der Waals surface area contributed by atoms with Crippen LogP contribution in [0.25, 0.3) is 0 Å². The molecule has 2 rings (SSSR count). The summed E-state index contributed by atoms with van der Waals surface area (Å²) in [6.07, 6.45) is 15.4. The Morgan fingerprint density at radius 1 is 1.08 bits per heavy atom. The molecule has 0 aromatic carbocycles. The maximum absolute atomic E-state index is 10.6. The fraction of sp³-hybridized carbons (Fsp3) is 0.778. The highest BCUT2D eigenvalue weighted by Crippen LogP contribution is 2.22. The van der Waals surface area contributed by atoms with Crippen molar-refractivity contribution in [1.82, 2.24) is 10.6 Å². The summed E-state index contributed by atoms with van der Waals surface area (Å²) in [7, 11) is 0. The smallest absolute Gasteiger partial charge is 0.407 e. The van der Waals surface area contributed by atoms with Gasteiger partial charge in [-0.15, -0.1) is 0 Å². The number of carbonyl (C=O) groups excluding carboxylic acids is 1. The molecule has 2 aliphatic rings. The molecule has 0 saturated heterocycles. The van der Waals surface area contributed by atoms with E-state index in [1.165, 1.54) is 70.3 Å². The van der Waals surface area contributed by atoms with E-state index in [4.69, 9.17) is 5.11 Å². The van der Waals surface area contributed by atoms with Crippen molar-refractivity contribution < 1.29 is 14.6 Å². The molecule has 2 fully saturated rings. The summed E-state index contributed by atoms with van der Waals surface area (Å²) < 4.78 is 4.50. The summed E-state index contributed by atoms with van der Waals surface area (Å²) in [5.74, 6) is 0. The molecule has 138 valence electrons. The lowest BCUT2D eigenvalue weighted by molar-refractivity contribution is 0.159. The highest BCUT2D eigenvalue weighted by atomic mass is 32.1. The van der Waals surface area contributed by atoms with E-state index < -0.39 is 6.09 Å². The van der Waals surface area contributed by atoms with Gasteiger partial charge in [-0.25, -0.2) is 4.79 Å². The van der Waals surface area contributed by atoms with Gasteiger partial charge in [-0.1, -0.05) is 51.2 Å². The van der Waals surface area contributed by atoms with Crippen molar-refractivity contribution in [3.63, 3.8) is 0 Å². The minimum Gasteiger partial charge on any atom is -0.501 e. The molecule has 24 heavy (non-hydrogen) atoms. The molecule has 3 N–H and O–H groups in total. The number of aliphatic hydroxyl groups excluding tert-OH is 1. The number of carbonyl (C=O) groups is 1. The van der Waals surface area contributed by atoms with Crippen LogP contribution in [-0.4, -0.2) is 41.5 Å². The summed E-state index contributed by atoms with van der Waals surface area (Å²) in [5.41, 5.74) is 0. The van der Waals surface area contributed by atoms with Gasteiger partial charge < -0.3 is 20.5 Å². The summed E-state index contributed by atoms with van der Waals surface area (Å²) in [4.78, 5) is 10.6. The van der Waals surface area contributed by atoms with E-state index in [1.807, 2.05) is 0 Å². The minimum absolute atomic E-state index is 0.0642. The molecule has 0 spiro atoms. The van der Waals surface area contributed by atoms with E-state index in [2.05, 4.69) is 34.2 Å². The molecule has 5 nitrogen and oxygen atoms in total. The molecule has 0 unspecified atom stereocenters. The van der Waals surface area contributed by atoms with Crippen LogP contribution in [0.5, 0.6) is 0 Å². The van der Waals surface area contributed by atoms with E-state index in [9.17, 15) is 4.79 Å². The Morgan fingerprint density at radius 2 is 1.58 bits per heavy atom. The fourth-order valence-corrected chi connectivity index (χ4v) is 3.28. The predicted octanol–water partition coefficient (Wildman–Crippen LogP) is 4.03. The molecule has 0 radical (unpaired) electrons. The van der Waals surface area contributed by atoms with Crippen molar-refractivity contribution in [3.05, 3.63) is 12.7 Å². The van der Waals surface area contributed by atoms with Crippen LogP contribution in [0, 0.1) is 0 Å². The zero-order valence-corrected chi connectivity index (χ0v) is 15.4. The first-order valence-corrected chi connectivity index (χ1v) is 9.52. The van der Waals surface area contributed by atoms with Crippen LogP contribution in [0.15, 0.2) is 12.7 Å². The first-order chi connectivity index (χ1) is 11.6. The SMILES string of the molecule is C1CCC(NC2CCCCC2)CC1.C=CCOC(=O)NCC(O)=S. The van der Waals surface area contributed by atoms with Gasteiger partial charge in [0.2, 0.25) is 0 Å². The van der Waals surface area contributed by atoms with Crippen LogP contribution in [0.4, 0.5) is 4.79 Å². The standard InChI is InChI=1S/C12H23N.C6H9NO3S/c1-3-7-11(8-4-1)13-12-9-5-2-6-10-12;1-2-3-10-6(9)7-4-5(8)11/h11-13H,1-10H2;2H,1,3-4H2,(H,7,9)(H,8,11). The Balaban J connectivity index is 0.000000245. The Morgan fingerprint density at radius 3 is 2.00 bits per heavy atom. The third kappa shape index (κ3) is 10.6. The Bertz CT molecular complexity index is 362. The van der Waals surface area contributed by atoms with Crippen LogP contribution >= 0.6 is 12.2 Å². The molecule has 0 aromatic heterocycles. The van der Waals surface area contributed by atoms with Crippen LogP contribution in [0.3, 0.4) is 0 Å². The van der Waals surface area contributed by atoms with Gasteiger partial charge in [-0.3, -0.25) is 0 Å². The Kier molecular flexibility index (Phi) is 11.5. The average Bonchev–Trinajstić information content (AvgIpc) is 2.60. The zero-order valence-electron chi connectivity index (χ0n) is 14.6. The van der Waals surface area contributed by atoms with Gasteiger partial charge in [0.05, 0.1) is 6.54 Å². The maximum atomic E-state index is 10.6. The first-order valence-electron chi connectivity index (χ1n) is 9.11. The Hall–Kier alpha value is -1.14. The quantitative estimate of drug-likeness (QED) is 0.495. The molecule has 2 saturated carbocycles. The molecule has 0 aliphatic heterocycles. The summed E-state index contributed by atoms with van der Waals surface area (Å²) in [6, 6.07) is 1.74. The third-order valence-corrected chi connectivity index (χ3v) is 4.54. The summed E-state index contributed by atoms with van der Waals surface area (Å²) in [6.45, 7) is 3.43. The largest absolute Gasteiger partial charge is 0.501 e. The Labute approximate surface area is 151 Å². The predicted molar refractivity (Wildman–Crippen MR) is 102 cm³/mol. The van der Waals surface area contributed by atoms with Gasteiger partial charge in [0.1, 0.15) is 6.61 Å². The number of thiocarbonyl (C=S) groups is 1. The molecular formula is C18H32N2O3S. The lowest BCUT2D eigenvalue weighted by Gasteiger charge is -2.30.